The fourth-order valence-corrected chi connectivity index (χ4v) is 3.73. The summed E-state index contributed by atoms with van der Waals surface area (Å²) in [6.07, 6.45) is 5.85. The Kier molecular flexibility index (Phi) is 4.01. The van der Waals surface area contributed by atoms with Gasteiger partial charge in [-0.1, -0.05) is 0 Å². The Morgan fingerprint density at radius 3 is 2.83 bits per heavy atom. The van der Waals surface area contributed by atoms with Crippen LogP contribution in [0.3, 0.4) is 0 Å². The molecule has 0 bridgehead atoms. The smallest absolute Gasteiger partial charge is 0.345 e. The van der Waals surface area contributed by atoms with Crippen molar-refractivity contribution in [2.75, 3.05) is 13.6 Å². The number of hydrogen-bond acceptors (Lipinski definition) is 4. The van der Waals surface area contributed by atoms with Crippen LogP contribution in [0.2, 0.25) is 0 Å². The number of furan rings is 1. The van der Waals surface area contributed by atoms with Crippen LogP contribution in [0.15, 0.2) is 39.0 Å². The van der Waals surface area contributed by atoms with Gasteiger partial charge in [0, 0.05) is 19.6 Å². The summed E-state index contributed by atoms with van der Waals surface area (Å²) in [6, 6.07) is 3.35. The van der Waals surface area contributed by atoms with Gasteiger partial charge in [-0.15, -0.1) is 4.40 Å². The Bertz CT molecular complexity index is 765. The number of allylic oxidation sites excluding steroid dienone is 1. The van der Waals surface area contributed by atoms with Gasteiger partial charge in [-0.3, -0.25) is 4.79 Å². The Balaban J connectivity index is 1.99. The number of likely N-dealkylation sites (tertiary alicyclic amines) is 1. The minimum atomic E-state index is -3.94. The number of hydrogen-bond donors (Lipinski definition) is 0. The zero-order valence-corrected chi connectivity index (χ0v) is 13.9. The summed E-state index contributed by atoms with van der Waals surface area (Å²) in [6.45, 7) is 2.62. The number of carbonyl (C=O) groups is 1. The SMILES string of the molecule is C[C@H]1CCCCN1C(=O)C1=CC(c2ccco2)=NS(=O)(=O)N1C. The molecule has 1 fully saturated rings. The molecule has 1 amide bonds. The Morgan fingerprint density at radius 1 is 1.39 bits per heavy atom. The van der Waals surface area contributed by atoms with E-state index in [4.69, 9.17) is 4.42 Å². The van der Waals surface area contributed by atoms with Gasteiger partial charge in [0.1, 0.15) is 11.4 Å². The maximum atomic E-state index is 12.8. The number of amides is 1. The zero-order chi connectivity index (χ0) is 16.6. The number of rotatable bonds is 2. The van der Waals surface area contributed by atoms with Crippen molar-refractivity contribution in [1.29, 1.82) is 0 Å². The molecule has 1 aromatic heterocycles. The maximum absolute atomic E-state index is 12.8. The predicted molar refractivity (Wildman–Crippen MR) is 85.0 cm³/mol. The molecule has 0 saturated carbocycles. The fraction of sp³-hybridized carbons (Fsp3) is 0.467. The minimum Gasteiger partial charge on any atom is -0.463 e. The van der Waals surface area contributed by atoms with Gasteiger partial charge in [0.2, 0.25) is 0 Å². The van der Waals surface area contributed by atoms with Gasteiger partial charge in [0.25, 0.3) is 5.91 Å². The van der Waals surface area contributed by atoms with E-state index in [1.165, 1.54) is 19.4 Å². The van der Waals surface area contributed by atoms with E-state index in [0.717, 1.165) is 23.6 Å². The maximum Gasteiger partial charge on any atom is 0.345 e. The lowest BCUT2D eigenvalue weighted by Gasteiger charge is -2.35. The molecule has 23 heavy (non-hydrogen) atoms. The molecular formula is C15H19N3O4S. The second-order valence-electron chi connectivity index (χ2n) is 5.77. The van der Waals surface area contributed by atoms with Crippen molar-refractivity contribution in [2.45, 2.75) is 32.2 Å². The molecule has 0 aliphatic carbocycles. The van der Waals surface area contributed by atoms with E-state index in [9.17, 15) is 13.2 Å². The van der Waals surface area contributed by atoms with Crippen molar-refractivity contribution in [3.8, 4) is 0 Å². The highest BCUT2D eigenvalue weighted by molar-refractivity contribution is 7.88. The number of carbonyl (C=O) groups excluding carboxylic acids is 1. The van der Waals surface area contributed by atoms with E-state index in [1.807, 2.05) is 6.92 Å². The molecular weight excluding hydrogens is 318 g/mol. The normalized spacial score (nSPS) is 24.2. The van der Waals surface area contributed by atoms with Gasteiger partial charge in [-0.05, 0) is 44.4 Å². The average molecular weight is 337 g/mol. The second-order valence-corrected chi connectivity index (χ2v) is 7.40. The molecule has 2 aliphatic rings. The van der Waals surface area contributed by atoms with Crippen LogP contribution in [0.25, 0.3) is 0 Å². The summed E-state index contributed by atoms with van der Waals surface area (Å²) in [5.74, 6) is 0.0286. The van der Waals surface area contributed by atoms with Crippen LogP contribution in [-0.4, -0.2) is 48.9 Å². The molecule has 1 atom stereocenters. The summed E-state index contributed by atoms with van der Waals surface area (Å²) in [7, 11) is -2.60. The highest BCUT2D eigenvalue weighted by Crippen LogP contribution is 2.24. The third kappa shape index (κ3) is 2.90. The number of nitrogens with zero attached hydrogens (tertiary/aromatic N) is 3. The largest absolute Gasteiger partial charge is 0.463 e. The van der Waals surface area contributed by atoms with Crippen LogP contribution in [0.5, 0.6) is 0 Å². The molecule has 7 nitrogen and oxygen atoms in total. The van der Waals surface area contributed by atoms with Gasteiger partial charge in [0.05, 0.1) is 6.26 Å². The van der Waals surface area contributed by atoms with E-state index in [1.54, 1.807) is 17.0 Å². The zero-order valence-electron chi connectivity index (χ0n) is 13.1. The minimum absolute atomic E-state index is 0.0965. The quantitative estimate of drug-likeness (QED) is 0.819. The lowest BCUT2D eigenvalue weighted by molar-refractivity contribution is -0.131. The van der Waals surface area contributed by atoms with E-state index in [0.29, 0.717) is 12.3 Å². The Hall–Kier alpha value is -2.09. The van der Waals surface area contributed by atoms with Crippen molar-refractivity contribution in [2.24, 2.45) is 4.40 Å². The highest BCUT2D eigenvalue weighted by Gasteiger charge is 2.34. The molecule has 0 spiro atoms. The van der Waals surface area contributed by atoms with Crippen molar-refractivity contribution < 1.29 is 17.6 Å². The van der Waals surface area contributed by atoms with Crippen LogP contribution in [-0.2, 0) is 15.0 Å². The average Bonchev–Trinajstić information content (AvgIpc) is 3.04. The summed E-state index contributed by atoms with van der Waals surface area (Å²) in [5, 5.41) is 0. The van der Waals surface area contributed by atoms with Gasteiger partial charge in [-0.25, -0.2) is 4.31 Å². The third-order valence-corrected chi connectivity index (χ3v) is 5.55. The van der Waals surface area contributed by atoms with Crippen molar-refractivity contribution in [3.63, 3.8) is 0 Å². The van der Waals surface area contributed by atoms with Crippen molar-refractivity contribution in [1.82, 2.24) is 9.21 Å². The van der Waals surface area contributed by atoms with Gasteiger partial charge < -0.3 is 9.32 Å². The fourth-order valence-electron chi connectivity index (χ4n) is 2.84. The Morgan fingerprint density at radius 2 is 2.17 bits per heavy atom. The summed E-state index contributed by atoms with van der Waals surface area (Å²) in [4.78, 5) is 14.6. The molecule has 0 aromatic carbocycles. The van der Waals surface area contributed by atoms with Crippen molar-refractivity contribution in [3.05, 3.63) is 35.9 Å². The first-order valence-electron chi connectivity index (χ1n) is 7.55. The van der Waals surface area contributed by atoms with Gasteiger partial charge in [-0.2, -0.15) is 8.42 Å². The first-order valence-corrected chi connectivity index (χ1v) is 8.95. The second kappa shape index (κ2) is 5.84. The van der Waals surface area contributed by atoms with E-state index >= 15 is 0 Å². The molecule has 3 heterocycles. The van der Waals surface area contributed by atoms with E-state index in [-0.39, 0.29) is 23.4 Å². The van der Waals surface area contributed by atoms with Crippen molar-refractivity contribution >= 4 is 21.8 Å². The Labute approximate surface area is 135 Å². The summed E-state index contributed by atoms with van der Waals surface area (Å²) in [5.41, 5.74) is 0.237. The summed E-state index contributed by atoms with van der Waals surface area (Å²) >= 11 is 0. The molecule has 1 saturated heterocycles. The predicted octanol–water partition coefficient (Wildman–Crippen LogP) is 1.54. The molecule has 0 unspecified atom stereocenters. The van der Waals surface area contributed by atoms with Crippen LogP contribution in [0.4, 0.5) is 0 Å². The van der Waals surface area contributed by atoms with Gasteiger partial charge in [0.15, 0.2) is 5.76 Å². The highest BCUT2D eigenvalue weighted by atomic mass is 32.2. The van der Waals surface area contributed by atoms with Crippen LogP contribution >= 0.6 is 0 Å². The van der Waals surface area contributed by atoms with E-state index in [2.05, 4.69) is 4.40 Å². The first kappa shape index (κ1) is 15.8. The lowest BCUT2D eigenvalue weighted by atomic mass is 10.0. The monoisotopic (exact) mass is 337 g/mol. The van der Waals surface area contributed by atoms with E-state index < -0.39 is 10.2 Å². The standard InChI is InChI=1S/C15H19N3O4S/c1-11-6-3-4-8-18(11)15(19)13-10-12(14-7-5-9-22-14)16-23(20,21)17(13)2/h5,7,9-11H,3-4,6,8H2,1-2H3/t11-/m0/s1. The summed E-state index contributed by atoms with van der Waals surface area (Å²) < 4.78 is 34.4. The lowest BCUT2D eigenvalue weighted by Crippen LogP contribution is -2.46. The molecule has 124 valence electrons. The number of likely N-dealkylation sites (N-methyl/N-ethyl adjacent to an activating group) is 1. The third-order valence-electron chi connectivity index (χ3n) is 4.23. The first-order chi connectivity index (χ1) is 10.9. The van der Waals surface area contributed by atoms with Crippen LogP contribution < -0.4 is 0 Å². The molecule has 3 rings (SSSR count). The molecule has 1 aromatic rings. The van der Waals surface area contributed by atoms with Crippen LogP contribution in [0.1, 0.15) is 31.9 Å². The molecule has 0 radical (unpaired) electrons. The molecule has 2 aliphatic heterocycles. The topological polar surface area (TPSA) is 83.2 Å². The molecule has 0 N–H and O–H groups in total. The molecule has 8 heteroatoms. The van der Waals surface area contributed by atoms with Gasteiger partial charge >= 0.3 is 10.2 Å². The number of piperidine rings is 1. The van der Waals surface area contributed by atoms with Crippen LogP contribution in [0, 0.1) is 0 Å².